The van der Waals surface area contributed by atoms with Crippen molar-refractivity contribution in [2.75, 3.05) is 7.11 Å². The van der Waals surface area contributed by atoms with Gasteiger partial charge in [0.25, 0.3) is 0 Å². The average Bonchev–Trinajstić information content (AvgIpc) is 2.73. The van der Waals surface area contributed by atoms with Crippen LogP contribution in [-0.2, 0) is 11.3 Å². The quantitative estimate of drug-likeness (QED) is 0.842. The Morgan fingerprint density at radius 2 is 2.39 bits per heavy atom. The molecular formula is C12H16N4O2. The average molecular weight is 248 g/mol. The SMILES string of the molecule is CCC[C@H]1C(C#N)=C(N)Oc2n[nH]c(COC)c21. The van der Waals surface area contributed by atoms with Crippen LogP contribution in [0.3, 0.4) is 0 Å². The lowest BCUT2D eigenvalue weighted by atomic mass is 9.86. The summed E-state index contributed by atoms with van der Waals surface area (Å²) in [6.07, 6.45) is 1.77. The van der Waals surface area contributed by atoms with Crippen LogP contribution in [0.5, 0.6) is 5.88 Å². The first kappa shape index (κ1) is 12.5. The maximum atomic E-state index is 9.21. The molecule has 1 aromatic heterocycles. The summed E-state index contributed by atoms with van der Waals surface area (Å²) in [4.78, 5) is 0. The highest BCUT2D eigenvalue weighted by molar-refractivity contribution is 5.48. The molecule has 6 heteroatoms. The van der Waals surface area contributed by atoms with Crippen molar-refractivity contribution in [1.82, 2.24) is 10.2 Å². The Morgan fingerprint density at radius 3 is 3.00 bits per heavy atom. The van der Waals surface area contributed by atoms with Crippen LogP contribution in [-0.4, -0.2) is 17.3 Å². The molecule has 0 amide bonds. The van der Waals surface area contributed by atoms with Crippen LogP contribution in [0.25, 0.3) is 0 Å². The minimum absolute atomic E-state index is 0.0624. The van der Waals surface area contributed by atoms with E-state index in [0.717, 1.165) is 24.1 Å². The fourth-order valence-corrected chi connectivity index (χ4v) is 2.24. The number of nitrogens with zero attached hydrogens (tertiary/aromatic N) is 2. The van der Waals surface area contributed by atoms with Crippen LogP contribution in [0.4, 0.5) is 0 Å². The van der Waals surface area contributed by atoms with Gasteiger partial charge in [-0.2, -0.15) is 5.26 Å². The minimum atomic E-state index is -0.0624. The Bertz CT molecular complexity index is 513. The molecule has 18 heavy (non-hydrogen) atoms. The molecule has 3 N–H and O–H groups in total. The second-order valence-corrected chi connectivity index (χ2v) is 4.19. The molecule has 0 unspecified atom stereocenters. The number of aromatic amines is 1. The van der Waals surface area contributed by atoms with Crippen molar-refractivity contribution in [2.24, 2.45) is 5.73 Å². The smallest absolute Gasteiger partial charge is 0.244 e. The lowest BCUT2D eigenvalue weighted by molar-refractivity contribution is 0.180. The number of hydrogen-bond donors (Lipinski definition) is 2. The molecule has 0 saturated heterocycles. The van der Waals surface area contributed by atoms with E-state index in [1.165, 1.54) is 0 Å². The number of nitrogens with two attached hydrogens (primary N) is 1. The fourth-order valence-electron chi connectivity index (χ4n) is 2.24. The third-order valence-electron chi connectivity index (χ3n) is 3.00. The first-order chi connectivity index (χ1) is 8.72. The third-order valence-corrected chi connectivity index (χ3v) is 3.00. The minimum Gasteiger partial charge on any atom is -0.420 e. The van der Waals surface area contributed by atoms with E-state index in [1.54, 1.807) is 7.11 Å². The van der Waals surface area contributed by atoms with E-state index < -0.39 is 0 Å². The molecule has 1 aliphatic rings. The molecule has 0 saturated carbocycles. The highest BCUT2D eigenvalue weighted by Crippen LogP contribution is 2.41. The van der Waals surface area contributed by atoms with E-state index in [0.29, 0.717) is 18.1 Å². The number of methoxy groups -OCH3 is 1. The Kier molecular flexibility index (Phi) is 3.53. The van der Waals surface area contributed by atoms with Crippen molar-refractivity contribution in [3.8, 4) is 11.9 Å². The Balaban J connectivity index is 2.47. The van der Waals surface area contributed by atoms with Crippen molar-refractivity contribution in [3.05, 3.63) is 22.7 Å². The number of nitriles is 1. The predicted octanol–water partition coefficient (Wildman–Crippen LogP) is 1.53. The van der Waals surface area contributed by atoms with Crippen molar-refractivity contribution >= 4 is 0 Å². The fraction of sp³-hybridized carbons (Fsp3) is 0.500. The molecule has 0 spiro atoms. The zero-order chi connectivity index (χ0) is 13.1. The van der Waals surface area contributed by atoms with Gasteiger partial charge >= 0.3 is 0 Å². The predicted molar refractivity (Wildman–Crippen MR) is 64.4 cm³/mol. The first-order valence-corrected chi connectivity index (χ1v) is 5.86. The molecule has 0 aromatic carbocycles. The lowest BCUT2D eigenvalue weighted by Gasteiger charge is -2.23. The summed E-state index contributed by atoms with van der Waals surface area (Å²) in [6, 6.07) is 2.14. The summed E-state index contributed by atoms with van der Waals surface area (Å²) < 4.78 is 10.5. The molecule has 96 valence electrons. The Labute approximate surface area is 105 Å². The Hall–Kier alpha value is -2.00. The van der Waals surface area contributed by atoms with Gasteiger partial charge in [0, 0.05) is 18.6 Å². The van der Waals surface area contributed by atoms with Crippen LogP contribution in [0.1, 0.15) is 36.9 Å². The normalized spacial score (nSPS) is 18.2. The summed E-state index contributed by atoms with van der Waals surface area (Å²) in [5.74, 6) is 0.545. The van der Waals surface area contributed by atoms with Crippen LogP contribution in [0.2, 0.25) is 0 Å². The van der Waals surface area contributed by atoms with E-state index in [-0.39, 0.29) is 11.8 Å². The van der Waals surface area contributed by atoms with Crippen molar-refractivity contribution in [2.45, 2.75) is 32.3 Å². The summed E-state index contributed by atoms with van der Waals surface area (Å²) in [5.41, 5.74) is 7.97. The van der Waals surface area contributed by atoms with Gasteiger partial charge < -0.3 is 15.2 Å². The van der Waals surface area contributed by atoms with Gasteiger partial charge in [-0.25, -0.2) is 0 Å². The number of hydrogen-bond acceptors (Lipinski definition) is 5. The van der Waals surface area contributed by atoms with Gasteiger partial charge in [0.15, 0.2) is 0 Å². The molecule has 1 atom stereocenters. The number of nitrogens with one attached hydrogen (secondary N) is 1. The van der Waals surface area contributed by atoms with Crippen LogP contribution < -0.4 is 10.5 Å². The number of fused-ring (bicyclic) bond motifs is 1. The number of allylic oxidation sites excluding steroid dienone is 1. The largest absolute Gasteiger partial charge is 0.420 e. The van der Waals surface area contributed by atoms with Gasteiger partial charge in [-0.05, 0) is 6.42 Å². The summed E-state index contributed by atoms with van der Waals surface area (Å²) in [6.45, 7) is 2.47. The zero-order valence-corrected chi connectivity index (χ0v) is 10.5. The van der Waals surface area contributed by atoms with Crippen molar-refractivity contribution in [3.63, 3.8) is 0 Å². The summed E-state index contributed by atoms with van der Waals surface area (Å²) in [5, 5.41) is 16.2. The van der Waals surface area contributed by atoms with E-state index in [4.69, 9.17) is 15.2 Å². The monoisotopic (exact) mass is 248 g/mol. The highest BCUT2D eigenvalue weighted by Gasteiger charge is 2.33. The third kappa shape index (κ3) is 1.93. The molecule has 1 aliphatic heterocycles. The molecule has 0 aliphatic carbocycles. The van der Waals surface area contributed by atoms with Gasteiger partial charge in [0.1, 0.15) is 6.07 Å². The number of rotatable bonds is 4. The second kappa shape index (κ2) is 5.10. The standard InChI is InChI=1S/C12H16N4O2/c1-3-4-7-8(5-13)11(14)18-12-10(7)9(6-17-2)15-16-12/h7H,3-4,6,14H2,1-2H3,(H,15,16)/t7-/m0/s1. The molecule has 0 fully saturated rings. The van der Waals surface area contributed by atoms with Crippen molar-refractivity contribution < 1.29 is 9.47 Å². The molecule has 6 nitrogen and oxygen atoms in total. The molecule has 2 rings (SSSR count). The molecular weight excluding hydrogens is 232 g/mol. The van der Waals surface area contributed by atoms with E-state index >= 15 is 0 Å². The highest BCUT2D eigenvalue weighted by atomic mass is 16.5. The van der Waals surface area contributed by atoms with E-state index in [2.05, 4.69) is 23.2 Å². The second-order valence-electron chi connectivity index (χ2n) is 4.19. The summed E-state index contributed by atoms with van der Waals surface area (Å²) in [7, 11) is 1.61. The number of ether oxygens (including phenoxy) is 2. The van der Waals surface area contributed by atoms with E-state index in [9.17, 15) is 5.26 Å². The van der Waals surface area contributed by atoms with Gasteiger partial charge in [-0.1, -0.05) is 13.3 Å². The maximum absolute atomic E-state index is 9.21. The summed E-state index contributed by atoms with van der Waals surface area (Å²) >= 11 is 0. The maximum Gasteiger partial charge on any atom is 0.244 e. The van der Waals surface area contributed by atoms with Gasteiger partial charge in [-0.15, -0.1) is 5.10 Å². The first-order valence-electron chi connectivity index (χ1n) is 5.86. The molecule has 0 radical (unpaired) electrons. The van der Waals surface area contributed by atoms with Crippen LogP contribution in [0.15, 0.2) is 11.5 Å². The molecule has 0 bridgehead atoms. The van der Waals surface area contributed by atoms with Gasteiger partial charge in [0.2, 0.25) is 11.8 Å². The number of aromatic nitrogens is 2. The topological polar surface area (TPSA) is 97.0 Å². The van der Waals surface area contributed by atoms with E-state index in [1.807, 2.05) is 0 Å². The molecule has 1 aromatic rings. The molecule has 2 heterocycles. The van der Waals surface area contributed by atoms with Crippen molar-refractivity contribution in [1.29, 1.82) is 5.26 Å². The zero-order valence-electron chi connectivity index (χ0n) is 10.5. The van der Waals surface area contributed by atoms with Crippen LogP contribution in [0, 0.1) is 11.3 Å². The number of H-pyrrole nitrogens is 1. The van der Waals surface area contributed by atoms with Gasteiger partial charge in [0.05, 0.1) is 17.9 Å². The van der Waals surface area contributed by atoms with Gasteiger partial charge in [-0.3, -0.25) is 5.10 Å². The van der Waals surface area contributed by atoms with Crippen LogP contribution >= 0.6 is 0 Å². The Morgan fingerprint density at radius 1 is 1.61 bits per heavy atom. The lowest BCUT2D eigenvalue weighted by Crippen LogP contribution is -2.20.